The number of nitrogens with zero attached hydrogens (tertiary/aromatic N) is 3. The van der Waals surface area contributed by atoms with Crippen molar-refractivity contribution in [2.24, 2.45) is 0 Å². The molecule has 0 unspecified atom stereocenters. The predicted molar refractivity (Wildman–Crippen MR) is 78.0 cm³/mol. The Labute approximate surface area is 134 Å². The van der Waals surface area contributed by atoms with Crippen LogP contribution in [0.4, 0.5) is 13.2 Å². The van der Waals surface area contributed by atoms with Crippen molar-refractivity contribution in [3.05, 3.63) is 51.7 Å². The molecule has 0 aliphatic carbocycles. The van der Waals surface area contributed by atoms with Gasteiger partial charge in [-0.25, -0.2) is 0 Å². The van der Waals surface area contributed by atoms with Gasteiger partial charge in [-0.2, -0.15) is 18.3 Å². The Bertz CT molecular complexity index is 789. The van der Waals surface area contributed by atoms with Crippen molar-refractivity contribution < 1.29 is 18.0 Å². The molecule has 0 atom stereocenters. The smallest absolute Gasteiger partial charge is 0.335 e. The molecule has 3 rings (SSSR count). The summed E-state index contributed by atoms with van der Waals surface area (Å²) in [6, 6.07) is 4.02. The van der Waals surface area contributed by atoms with Crippen LogP contribution in [0.15, 0.2) is 29.2 Å². The SMILES string of the molecule is O=C(CCc1ccc(=O)[nH]c1)N1CCn2nc(C(F)(F)F)cc2C1. The van der Waals surface area contributed by atoms with Crippen molar-refractivity contribution in [1.29, 1.82) is 0 Å². The molecule has 1 aliphatic rings. The standard InChI is InChI=1S/C15H15F3N4O2/c16-15(17,18)12-7-11-9-21(5-6-22(11)20-12)14(24)4-2-10-1-3-13(23)19-8-10/h1,3,7-8H,2,4-6,9H2,(H,19,23). The van der Waals surface area contributed by atoms with Crippen molar-refractivity contribution in [3.8, 4) is 0 Å². The average molecular weight is 340 g/mol. The van der Waals surface area contributed by atoms with Crippen LogP contribution in [-0.4, -0.2) is 32.1 Å². The summed E-state index contributed by atoms with van der Waals surface area (Å²) < 4.78 is 39.4. The molecule has 0 saturated heterocycles. The highest BCUT2D eigenvalue weighted by Crippen LogP contribution is 2.29. The van der Waals surface area contributed by atoms with Crippen LogP contribution in [0.2, 0.25) is 0 Å². The van der Waals surface area contributed by atoms with Crippen molar-refractivity contribution >= 4 is 5.91 Å². The van der Waals surface area contributed by atoms with E-state index in [0.717, 1.165) is 11.6 Å². The van der Waals surface area contributed by atoms with Gasteiger partial charge in [-0.1, -0.05) is 6.07 Å². The van der Waals surface area contributed by atoms with E-state index < -0.39 is 11.9 Å². The fraction of sp³-hybridized carbons (Fsp3) is 0.400. The first-order chi connectivity index (χ1) is 11.3. The number of halogens is 3. The van der Waals surface area contributed by atoms with Gasteiger partial charge in [0.1, 0.15) is 0 Å². The van der Waals surface area contributed by atoms with Gasteiger partial charge in [0.15, 0.2) is 5.69 Å². The maximum Gasteiger partial charge on any atom is 0.435 e. The van der Waals surface area contributed by atoms with E-state index in [4.69, 9.17) is 0 Å². The number of aryl methyl sites for hydroxylation is 1. The minimum atomic E-state index is -4.48. The number of pyridine rings is 1. The third kappa shape index (κ3) is 3.50. The highest BCUT2D eigenvalue weighted by molar-refractivity contribution is 5.76. The van der Waals surface area contributed by atoms with Crippen molar-refractivity contribution in [1.82, 2.24) is 19.7 Å². The molecule has 2 aromatic rings. The lowest BCUT2D eigenvalue weighted by Gasteiger charge is -2.27. The number of aromatic nitrogens is 3. The summed E-state index contributed by atoms with van der Waals surface area (Å²) in [7, 11) is 0. The zero-order chi connectivity index (χ0) is 17.3. The minimum absolute atomic E-state index is 0.119. The fourth-order valence-electron chi connectivity index (χ4n) is 2.63. The van der Waals surface area contributed by atoms with Crippen LogP contribution in [0.1, 0.15) is 23.4 Å². The number of aromatic amines is 1. The molecule has 0 radical (unpaired) electrons. The molecule has 1 aliphatic heterocycles. The Morgan fingerprint density at radius 2 is 2.08 bits per heavy atom. The Hall–Kier alpha value is -2.58. The first-order valence-electron chi connectivity index (χ1n) is 7.42. The zero-order valence-corrected chi connectivity index (χ0v) is 12.6. The third-order valence-electron chi connectivity index (χ3n) is 3.92. The molecular weight excluding hydrogens is 325 g/mol. The molecule has 1 amide bonds. The highest BCUT2D eigenvalue weighted by Gasteiger charge is 2.36. The second kappa shape index (κ2) is 6.14. The summed E-state index contributed by atoms with van der Waals surface area (Å²) in [4.78, 5) is 27.3. The average Bonchev–Trinajstić information content (AvgIpc) is 2.97. The van der Waals surface area contributed by atoms with E-state index in [9.17, 15) is 22.8 Å². The molecule has 0 spiro atoms. The monoisotopic (exact) mass is 340 g/mol. The van der Waals surface area contributed by atoms with Gasteiger partial charge in [-0.3, -0.25) is 14.3 Å². The molecular formula is C15H15F3N4O2. The highest BCUT2D eigenvalue weighted by atomic mass is 19.4. The molecule has 2 aromatic heterocycles. The van der Waals surface area contributed by atoms with Gasteiger partial charge >= 0.3 is 6.18 Å². The van der Waals surface area contributed by atoms with E-state index in [1.807, 2.05) is 0 Å². The molecule has 128 valence electrons. The number of hydrogen-bond donors (Lipinski definition) is 1. The Morgan fingerprint density at radius 3 is 2.75 bits per heavy atom. The molecule has 0 aromatic carbocycles. The van der Waals surface area contributed by atoms with Gasteiger partial charge in [0, 0.05) is 25.2 Å². The van der Waals surface area contributed by atoms with Crippen molar-refractivity contribution in [2.75, 3.05) is 6.54 Å². The predicted octanol–water partition coefficient (Wildman–Crippen LogP) is 1.57. The van der Waals surface area contributed by atoms with Crippen LogP contribution in [-0.2, 0) is 30.5 Å². The molecule has 0 bridgehead atoms. The molecule has 1 N–H and O–H groups in total. The number of amides is 1. The van der Waals surface area contributed by atoms with E-state index in [1.165, 1.54) is 15.6 Å². The Morgan fingerprint density at radius 1 is 1.29 bits per heavy atom. The topological polar surface area (TPSA) is 71.0 Å². The van der Waals surface area contributed by atoms with Gasteiger partial charge in [-0.15, -0.1) is 0 Å². The molecule has 3 heterocycles. The van der Waals surface area contributed by atoms with Crippen LogP contribution in [0.3, 0.4) is 0 Å². The van der Waals surface area contributed by atoms with Gasteiger partial charge in [0.25, 0.3) is 0 Å². The quantitative estimate of drug-likeness (QED) is 0.922. The zero-order valence-electron chi connectivity index (χ0n) is 12.6. The largest absolute Gasteiger partial charge is 0.435 e. The van der Waals surface area contributed by atoms with Crippen LogP contribution in [0, 0.1) is 0 Å². The second-order valence-corrected chi connectivity index (χ2v) is 5.62. The first kappa shape index (κ1) is 16.3. The lowest BCUT2D eigenvalue weighted by atomic mass is 10.1. The van der Waals surface area contributed by atoms with E-state index in [1.54, 1.807) is 12.3 Å². The van der Waals surface area contributed by atoms with Gasteiger partial charge in [-0.05, 0) is 18.1 Å². The van der Waals surface area contributed by atoms with Crippen LogP contribution < -0.4 is 5.56 Å². The summed E-state index contributed by atoms with van der Waals surface area (Å²) in [6.07, 6.45) is -2.24. The summed E-state index contributed by atoms with van der Waals surface area (Å²) >= 11 is 0. The number of alkyl halides is 3. The van der Waals surface area contributed by atoms with Crippen molar-refractivity contribution in [3.63, 3.8) is 0 Å². The molecule has 0 fully saturated rings. The van der Waals surface area contributed by atoms with Crippen molar-refractivity contribution in [2.45, 2.75) is 32.1 Å². The molecule has 6 nitrogen and oxygen atoms in total. The van der Waals surface area contributed by atoms with E-state index in [0.29, 0.717) is 18.7 Å². The van der Waals surface area contributed by atoms with E-state index >= 15 is 0 Å². The Kier molecular flexibility index (Phi) is 4.16. The van der Waals surface area contributed by atoms with Gasteiger partial charge in [0.05, 0.1) is 18.8 Å². The summed E-state index contributed by atoms with van der Waals surface area (Å²) in [6.45, 7) is 0.694. The summed E-state index contributed by atoms with van der Waals surface area (Å²) in [5.74, 6) is -0.137. The second-order valence-electron chi connectivity index (χ2n) is 5.62. The van der Waals surface area contributed by atoms with Gasteiger partial charge in [0.2, 0.25) is 11.5 Å². The van der Waals surface area contributed by atoms with Crippen LogP contribution >= 0.6 is 0 Å². The third-order valence-corrected chi connectivity index (χ3v) is 3.92. The molecule has 0 saturated carbocycles. The molecule has 9 heteroatoms. The fourth-order valence-corrected chi connectivity index (χ4v) is 2.63. The minimum Gasteiger partial charge on any atom is -0.335 e. The van der Waals surface area contributed by atoms with Crippen LogP contribution in [0.25, 0.3) is 0 Å². The number of hydrogen-bond acceptors (Lipinski definition) is 3. The number of carbonyl (C=O) groups excluding carboxylic acids is 1. The van der Waals surface area contributed by atoms with Crippen LogP contribution in [0.5, 0.6) is 0 Å². The number of rotatable bonds is 3. The van der Waals surface area contributed by atoms with Gasteiger partial charge < -0.3 is 9.88 Å². The lowest BCUT2D eigenvalue weighted by molar-refractivity contribution is -0.141. The van der Waals surface area contributed by atoms with E-state index in [-0.39, 0.29) is 31.0 Å². The Balaban J connectivity index is 1.62. The van der Waals surface area contributed by atoms with E-state index in [2.05, 4.69) is 10.1 Å². The molecule has 24 heavy (non-hydrogen) atoms. The first-order valence-corrected chi connectivity index (χ1v) is 7.42. The normalized spacial score (nSPS) is 14.5. The number of fused-ring (bicyclic) bond motifs is 1. The maximum absolute atomic E-state index is 12.7. The number of nitrogens with one attached hydrogen (secondary N) is 1. The number of H-pyrrole nitrogens is 1. The lowest BCUT2D eigenvalue weighted by Crippen LogP contribution is -2.38. The maximum atomic E-state index is 12.7. The number of carbonyl (C=O) groups is 1. The summed E-state index contributed by atoms with van der Waals surface area (Å²) in [5.41, 5.74) is 0.0604. The summed E-state index contributed by atoms with van der Waals surface area (Å²) in [5, 5.41) is 3.54.